The number of amides is 1. The molecule has 0 radical (unpaired) electrons. The number of rotatable bonds is 8. The van der Waals surface area contributed by atoms with Crippen LogP contribution in [-0.4, -0.2) is 67.3 Å². The fourth-order valence-electron chi connectivity index (χ4n) is 3.06. The number of aromatic nitrogens is 2. The third-order valence-corrected chi connectivity index (χ3v) is 4.54. The quantitative estimate of drug-likeness (QED) is 0.711. The summed E-state index contributed by atoms with van der Waals surface area (Å²) in [7, 11) is 1.61. The van der Waals surface area contributed by atoms with Gasteiger partial charge in [0.2, 0.25) is 0 Å². The Morgan fingerprint density at radius 1 is 1.25 bits per heavy atom. The topological polar surface area (TPSA) is 88.6 Å². The van der Waals surface area contributed by atoms with Gasteiger partial charge in [0.15, 0.2) is 0 Å². The molecule has 0 saturated carbocycles. The lowest BCUT2D eigenvalue weighted by Crippen LogP contribution is -2.39. The molecule has 1 amide bonds. The molecule has 1 aromatic carbocycles. The SMILES string of the molecule is COc1ccccc1CNC(=O)c1cc(NCCN2CCOCC2)nc(C)n1. The van der Waals surface area contributed by atoms with Crippen LogP contribution >= 0.6 is 0 Å². The van der Waals surface area contributed by atoms with Crippen LogP contribution in [0.3, 0.4) is 0 Å². The molecule has 3 rings (SSSR count). The predicted molar refractivity (Wildman–Crippen MR) is 107 cm³/mol. The Hall–Kier alpha value is -2.71. The van der Waals surface area contributed by atoms with E-state index in [0.717, 1.165) is 50.7 Å². The number of morpholine rings is 1. The number of aryl methyl sites for hydroxylation is 1. The lowest BCUT2D eigenvalue weighted by molar-refractivity contribution is 0.0398. The van der Waals surface area contributed by atoms with Crippen molar-refractivity contribution in [3.63, 3.8) is 0 Å². The van der Waals surface area contributed by atoms with E-state index in [1.807, 2.05) is 24.3 Å². The third kappa shape index (κ3) is 5.64. The van der Waals surface area contributed by atoms with Gasteiger partial charge in [0.1, 0.15) is 23.1 Å². The Balaban J connectivity index is 1.56. The van der Waals surface area contributed by atoms with E-state index in [0.29, 0.717) is 23.9 Å². The van der Waals surface area contributed by atoms with Gasteiger partial charge in [0, 0.05) is 44.4 Å². The summed E-state index contributed by atoms with van der Waals surface area (Å²) in [6.07, 6.45) is 0. The number of benzene rings is 1. The van der Waals surface area contributed by atoms with Gasteiger partial charge in [-0.2, -0.15) is 0 Å². The largest absolute Gasteiger partial charge is 0.496 e. The van der Waals surface area contributed by atoms with Gasteiger partial charge >= 0.3 is 0 Å². The summed E-state index contributed by atoms with van der Waals surface area (Å²) in [5, 5.41) is 6.18. The number of hydrogen-bond donors (Lipinski definition) is 2. The zero-order valence-electron chi connectivity index (χ0n) is 16.4. The van der Waals surface area contributed by atoms with Crippen LogP contribution in [0.1, 0.15) is 21.9 Å². The van der Waals surface area contributed by atoms with E-state index in [9.17, 15) is 4.79 Å². The number of para-hydroxylation sites is 1. The fraction of sp³-hybridized carbons (Fsp3) is 0.450. The summed E-state index contributed by atoms with van der Waals surface area (Å²) >= 11 is 0. The van der Waals surface area contributed by atoms with E-state index < -0.39 is 0 Å². The molecule has 8 heteroatoms. The standard InChI is InChI=1S/C20H27N5O3/c1-15-23-17(20(26)22-14-16-5-3-4-6-18(16)27-2)13-19(24-15)21-7-8-25-9-11-28-12-10-25/h3-6,13H,7-12,14H2,1-2H3,(H,22,26)(H,21,23,24). The molecule has 0 aliphatic carbocycles. The van der Waals surface area contributed by atoms with Crippen molar-refractivity contribution < 1.29 is 14.3 Å². The van der Waals surface area contributed by atoms with Crippen molar-refractivity contribution in [2.75, 3.05) is 51.8 Å². The molecule has 8 nitrogen and oxygen atoms in total. The molecule has 2 aromatic rings. The molecule has 2 N–H and O–H groups in total. The van der Waals surface area contributed by atoms with Crippen LogP contribution in [-0.2, 0) is 11.3 Å². The van der Waals surface area contributed by atoms with E-state index >= 15 is 0 Å². The van der Waals surface area contributed by atoms with Crippen LogP contribution in [0.25, 0.3) is 0 Å². The highest BCUT2D eigenvalue weighted by Gasteiger charge is 2.13. The van der Waals surface area contributed by atoms with Crippen LogP contribution in [0.2, 0.25) is 0 Å². The maximum absolute atomic E-state index is 12.6. The van der Waals surface area contributed by atoms with Crippen LogP contribution in [0.15, 0.2) is 30.3 Å². The first-order valence-electron chi connectivity index (χ1n) is 9.45. The zero-order chi connectivity index (χ0) is 19.8. The molecular weight excluding hydrogens is 358 g/mol. The van der Waals surface area contributed by atoms with E-state index in [4.69, 9.17) is 9.47 Å². The Bertz CT molecular complexity index is 793. The van der Waals surface area contributed by atoms with Gasteiger partial charge in [-0.25, -0.2) is 9.97 Å². The van der Waals surface area contributed by atoms with Gasteiger partial charge in [-0.1, -0.05) is 18.2 Å². The van der Waals surface area contributed by atoms with Crippen LogP contribution in [0, 0.1) is 6.92 Å². The molecular formula is C20H27N5O3. The maximum Gasteiger partial charge on any atom is 0.270 e. The number of hydrogen-bond acceptors (Lipinski definition) is 7. The molecule has 0 unspecified atom stereocenters. The average molecular weight is 385 g/mol. The molecule has 0 bridgehead atoms. The monoisotopic (exact) mass is 385 g/mol. The number of nitrogens with zero attached hydrogens (tertiary/aromatic N) is 3. The second-order valence-electron chi connectivity index (χ2n) is 6.56. The summed E-state index contributed by atoms with van der Waals surface area (Å²) in [5.74, 6) is 1.71. The minimum atomic E-state index is -0.243. The lowest BCUT2D eigenvalue weighted by Gasteiger charge is -2.26. The number of ether oxygens (including phenoxy) is 2. The van der Waals surface area contributed by atoms with Crippen molar-refractivity contribution in [2.45, 2.75) is 13.5 Å². The molecule has 150 valence electrons. The molecule has 28 heavy (non-hydrogen) atoms. The highest BCUT2D eigenvalue weighted by Crippen LogP contribution is 2.17. The predicted octanol–water partition coefficient (Wildman–Crippen LogP) is 1.47. The van der Waals surface area contributed by atoms with Gasteiger partial charge in [-0.3, -0.25) is 9.69 Å². The number of methoxy groups -OCH3 is 1. The van der Waals surface area contributed by atoms with Gasteiger partial charge in [-0.15, -0.1) is 0 Å². The van der Waals surface area contributed by atoms with Crippen molar-refractivity contribution in [3.8, 4) is 5.75 Å². The van der Waals surface area contributed by atoms with Gasteiger partial charge in [-0.05, 0) is 13.0 Å². The molecule has 1 aliphatic rings. The first-order chi connectivity index (χ1) is 13.7. The lowest BCUT2D eigenvalue weighted by atomic mass is 10.2. The number of nitrogens with one attached hydrogen (secondary N) is 2. The highest BCUT2D eigenvalue weighted by atomic mass is 16.5. The Labute approximate surface area is 165 Å². The molecule has 1 aromatic heterocycles. The van der Waals surface area contributed by atoms with Crippen molar-refractivity contribution in [1.29, 1.82) is 0 Å². The molecule has 0 atom stereocenters. The normalized spacial score (nSPS) is 14.5. The van der Waals surface area contributed by atoms with E-state index in [1.165, 1.54) is 0 Å². The van der Waals surface area contributed by atoms with E-state index in [-0.39, 0.29) is 5.91 Å². The molecule has 1 aliphatic heterocycles. The second-order valence-corrected chi connectivity index (χ2v) is 6.56. The zero-order valence-corrected chi connectivity index (χ0v) is 16.4. The Morgan fingerprint density at radius 2 is 2.04 bits per heavy atom. The van der Waals surface area contributed by atoms with Crippen LogP contribution in [0.5, 0.6) is 5.75 Å². The van der Waals surface area contributed by atoms with Gasteiger partial charge in [0.05, 0.1) is 20.3 Å². The second kappa shape index (κ2) is 10.0. The smallest absolute Gasteiger partial charge is 0.270 e. The number of anilines is 1. The van der Waals surface area contributed by atoms with Crippen molar-refractivity contribution >= 4 is 11.7 Å². The minimum absolute atomic E-state index is 0.243. The van der Waals surface area contributed by atoms with Gasteiger partial charge in [0.25, 0.3) is 5.91 Å². The minimum Gasteiger partial charge on any atom is -0.496 e. The number of carbonyl (C=O) groups is 1. The number of carbonyl (C=O) groups excluding carboxylic acids is 1. The van der Waals surface area contributed by atoms with E-state index in [1.54, 1.807) is 20.1 Å². The summed E-state index contributed by atoms with van der Waals surface area (Å²) in [6, 6.07) is 9.28. The van der Waals surface area contributed by atoms with E-state index in [2.05, 4.69) is 25.5 Å². The van der Waals surface area contributed by atoms with Crippen LogP contribution in [0.4, 0.5) is 5.82 Å². The first-order valence-corrected chi connectivity index (χ1v) is 9.45. The molecule has 0 spiro atoms. The summed E-state index contributed by atoms with van der Waals surface area (Å²) < 4.78 is 10.7. The van der Waals surface area contributed by atoms with Crippen LogP contribution < -0.4 is 15.4 Å². The molecule has 1 saturated heterocycles. The highest BCUT2D eigenvalue weighted by molar-refractivity contribution is 5.92. The Morgan fingerprint density at radius 3 is 2.82 bits per heavy atom. The third-order valence-electron chi connectivity index (χ3n) is 4.54. The van der Waals surface area contributed by atoms with Crippen molar-refractivity contribution in [3.05, 3.63) is 47.4 Å². The molecule has 1 fully saturated rings. The first kappa shape index (κ1) is 20.0. The Kier molecular flexibility index (Phi) is 7.16. The summed E-state index contributed by atoms with van der Waals surface area (Å²) in [4.78, 5) is 23.5. The summed E-state index contributed by atoms with van der Waals surface area (Å²) in [5.41, 5.74) is 1.25. The summed E-state index contributed by atoms with van der Waals surface area (Å²) in [6.45, 7) is 7.25. The van der Waals surface area contributed by atoms with Crippen molar-refractivity contribution in [1.82, 2.24) is 20.2 Å². The van der Waals surface area contributed by atoms with Crippen molar-refractivity contribution in [2.24, 2.45) is 0 Å². The maximum atomic E-state index is 12.6. The van der Waals surface area contributed by atoms with Gasteiger partial charge < -0.3 is 20.1 Å². The fourth-order valence-corrected chi connectivity index (χ4v) is 3.06. The molecule has 2 heterocycles. The average Bonchev–Trinajstić information content (AvgIpc) is 2.72.